The lowest BCUT2D eigenvalue weighted by atomic mass is 10.2. The predicted octanol–water partition coefficient (Wildman–Crippen LogP) is 0.930. The molecule has 0 radical (unpaired) electrons. The zero-order valence-corrected chi connectivity index (χ0v) is 10.7. The Morgan fingerprint density at radius 2 is 2.00 bits per heavy atom. The molecule has 0 bridgehead atoms. The van der Waals surface area contributed by atoms with Crippen LogP contribution >= 0.6 is 0 Å². The van der Waals surface area contributed by atoms with Crippen LogP contribution in [0.4, 0.5) is 5.82 Å². The number of aryl methyl sites for hydroxylation is 1. The maximum absolute atomic E-state index is 11.2. The largest absolute Gasteiger partial charge is 0.353 e. The molecule has 1 fully saturated rings. The van der Waals surface area contributed by atoms with Gasteiger partial charge in [0.1, 0.15) is 11.9 Å². The molecule has 94 valence electrons. The summed E-state index contributed by atoms with van der Waals surface area (Å²) in [5, 5.41) is 8.87. The molecule has 1 aromatic heterocycles. The van der Waals surface area contributed by atoms with E-state index in [9.17, 15) is 4.79 Å². The number of amides is 1. The maximum atomic E-state index is 11.2. The monoisotopic (exact) mass is 244 g/mol. The fourth-order valence-corrected chi connectivity index (χ4v) is 2.09. The molecule has 1 aromatic rings. The van der Waals surface area contributed by atoms with Gasteiger partial charge in [-0.15, -0.1) is 0 Å². The summed E-state index contributed by atoms with van der Waals surface area (Å²) >= 11 is 0. The van der Waals surface area contributed by atoms with E-state index >= 15 is 0 Å². The Kier molecular flexibility index (Phi) is 3.47. The maximum Gasteiger partial charge on any atom is 0.219 e. The van der Waals surface area contributed by atoms with Crippen molar-refractivity contribution in [1.82, 2.24) is 9.88 Å². The molecular formula is C13H16N4O. The van der Waals surface area contributed by atoms with Crippen LogP contribution < -0.4 is 4.90 Å². The SMILES string of the molecule is CC(=O)N1CCN(c2ccc(C#N)c(C)n2)CC1. The Labute approximate surface area is 107 Å². The van der Waals surface area contributed by atoms with Crippen molar-refractivity contribution < 1.29 is 4.79 Å². The zero-order chi connectivity index (χ0) is 13.1. The molecule has 2 heterocycles. The third-order valence-electron chi connectivity index (χ3n) is 3.24. The van der Waals surface area contributed by atoms with Gasteiger partial charge in [-0.1, -0.05) is 0 Å². The summed E-state index contributed by atoms with van der Waals surface area (Å²) in [6.07, 6.45) is 0. The minimum atomic E-state index is 0.124. The lowest BCUT2D eigenvalue weighted by molar-refractivity contribution is -0.129. The van der Waals surface area contributed by atoms with E-state index < -0.39 is 0 Å². The number of carbonyl (C=O) groups excluding carboxylic acids is 1. The molecule has 1 saturated heterocycles. The number of hydrogen-bond donors (Lipinski definition) is 0. The van der Waals surface area contributed by atoms with E-state index in [0.29, 0.717) is 5.56 Å². The standard InChI is InChI=1S/C13H16N4O/c1-10-12(9-14)3-4-13(15-10)17-7-5-16(6-8-17)11(2)18/h3-4H,5-8H2,1-2H3. The number of nitrogens with zero attached hydrogens (tertiary/aromatic N) is 4. The van der Waals surface area contributed by atoms with Crippen molar-refractivity contribution in [2.24, 2.45) is 0 Å². The first-order valence-electron chi connectivity index (χ1n) is 6.00. The minimum absolute atomic E-state index is 0.124. The van der Waals surface area contributed by atoms with E-state index in [1.807, 2.05) is 17.9 Å². The van der Waals surface area contributed by atoms with Crippen molar-refractivity contribution in [2.45, 2.75) is 13.8 Å². The van der Waals surface area contributed by atoms with Gasteiger partial charge in [0.2, 0.25) is 5.91 Å². The Morgan fingerprint density at radius 1 is 1.33 bits per heavy atom. The number of rotatable bonds is 1. The second-order valence-corrected chi connectivity index (χ2v) is 4.41. The number of carbonyl (C=O) groups is 1. The molecule has 0 atom stereocenters. The highest BCUT2D eigenvalue weighted by molar-refractivity contribution is 5.73. The van der Waals surface area contributed by atoms with Crippen LogP contribution in [0, 0.1) is 18.3 Å². The summed E-state index contributed by atoms with van der Waals surface area (Å²) in [6, 6.07) is 5.78. The van der Waals surface area contributed by atoms with Crippen molar-refractivity contribution in [3.8, 4) is 6.07 Å². The van der Waals surface area contributed by atoms with Crippen molar-refractivity contribution in [3.05, 3.63) is 23.4 Å². The van der Waals surface area contributed by atoms with Crippen molar-refractivity contribution in [2.75, 3.05) is 31.1 Å². The number of nitriles is 1. The van der Waals surface area contributed by atoms with Gasteiger partial charge in [-0.3, -0.25) is 4.79 Å². The Morgan fingerprint density at radius 3 is 2.50 bits per heavy atom. The van der Waals surface area contributed by atoms with E-state index in [0.717, 1.165) is 37.7 Å². The van der Waals surface area contributed by atoms with E-state index in [-0.39, 0.29) is 5.91 Å². The van der Waals surface area contributed by atoms with Crippen LogP contribution in [0.5, 0.6) is 0 Å². The summed E-state index contributed by atoms with van der Waals surface area (Å²) in [5.74, 6) is 1.01. The number of pyridine rings is 1. The normalized spacial score (nSPS) is 15.4. The Bertz CT molecular complexity index is 498. The highest BCUT2D eigenvalue weighted by Gasteiger charge is 2.19. The first kappa shape index (κ1) is 12.4. The molecule has 1 amide bonds. The molecule has 1 aliphatic heterocycles. The van der Waals surface area contributed by atoms with E-state index in [1.54, 1.807) is 13.0 Å². The molecule has 0 aromatic carbocycles. The van der Waals surface area contributed by atoms with Gasteiger partial charge in [0.15, 0.2) is 0 Å². The van der Waals surface area contributed by atoms with Crippen LogP contribution in [-0.2, 0) is 4.79 Å². The molecule has 0 saturated carbocycles. The Hall–Kier alpha value is -2.09. The third kappa shape index (κ3) is 2.43. The molecule has 0 spiro atoms. The number of aromatic nitrogens is 1. The summed E-state index contributed by atoms with van der Waals surface area (Å²) in [4.78, 5) is 19.7. The number of anilines is 1. The van der Waals surface area contributed by atoms with Crippen LogP contribution in [-0.4, -0.2) is 42.0 Å². The molecule has 0 N–H and O–H groups in total. The average molecular weight is 244 g/mol. The topological polar surface area (TPSA) is 60.2 Å². The first-order valence-corrected chi connectivity index (χ1v) is 6.00. The summed E-state index contributed by atoms with van der Waals surface area (Å²) in [6.45, 7) is 6.48. The lowest BCUT2D eigenvalue weighted by Crippen LogP contribution is -2.48. The van der Waals surface area contributed by atoms with Gasteiger partial charge in [-0.25, -0.2) is 4.98 Å². The summed E-state index contributed by atoms with van der Waals surface area (Å²) in [5.41, 5.74) is 1.37. The van der Waals surface area contributed by atoms with Gasteiger partial charge < -0.3 is 9.80 Å². The average Bonchev–Trinajstić information content (AvgIpc) is 2.38. The molecule has 1 aliphatic rings. The van der Waals surface area contributed by atoms with Crippen molar-refractivity contribution in [3.63, 3.8) is 0 Å². The number of piperazine rings is 1. The fourth-order valence-electron chi connectivity index (χ4n) is 2.09. The molecule has 0 aliphatic carbocycles. The van der Waals surface area contributed by atoms with Crippen LogP contribution in [0.1, 0.15) is 18.2 Å². The lowest BCUT2D eigenvalue weighted by Gasteiger charge is -2.35. The summed E-state index contributed by atoms with van der Waals surface area (Å²) < 4.78 is 0. The highest BCUT2D eigenvalue weighted by atomic mass is 16.2. The zero-order valence-electron chi connectivity index (χ0n) is 10.7. The fraction of sp³-hybridized carbons (Fsp3) is 0.462. The molecule has 5 heteroatoms. The first-order chi connectivity index (χ1) is 8.61. The molecule has 2 rings (SSSR count). The third-order valence-corrected chi connectivity index (χ3v) is 3.24. The minimum Gasteiger partial charge on any atom is -0.353 e. The summed E-state index contributed by atoms with van der Waals surface area (Å²) in [7, 11) is 0. The van der Waals surface area contributed by atoms with Crippen molar-refractivity contribution >= 4 is 11.7 Å². The van der Waals surface area contributed by atoms with Gasteiger partial charge in [0.25, 0.3) is 0 Å². The molecular weight excluding hydrogens is 228 g/mol. The highest BCUT2D eigenvalue weighted by Crippen LogP contribution is 2.16. The second kappa shape index (κ2) is 5.05. The van der Waals surface area contributed by atoms with Crippen LogP contribution in [0.3, 0.4) is 0 Å². The van der Waals surface area contributed by atoms with Crippen LogP contribution in [0.25, 0.3) is 0 Å². The van der Waals surface area contributed by atoms with Gasteiger partial charge in [-0.2, -0.15) is 5.26 Å². The van der Waals surface area contributed by atoms with Crippen molar-refractivity contribution in [1.29, 1.82) is 5.26 Å². The molecule has 0 unspecified atom stereocenters. The van der Waals surface area contributed by atoms with Gasteiger partial charge in [0.05, 0.1) is 11.3 Å². The quantitative estimate of drug-likeness (QED) is 0.737. The van der Waals surface area contributed by atoms with Gasteiger partial charge >= 0.3 is 0 Å². The van der Waals surface area contributed by atoms with E-state index in [4.69, 9.17) is 5.26 Å². The number of hydrogen-bond acceptors (Lipinski definition) is 4. The van der Waals surface area contributed by atoms with E-state index in [1.165, 1.54) is 0 Å². The van der Waals surface area contributed by atoms with Gasteiger partial charge in [-0.05, 0) is 19.1 Å². The van der Waals surface area contributed by atoms with Crippen LogP contribution in [0.2, 0.25) is 0 Å². The van der Waals surface area contributed by atoms with E-state index in [2.05, 4.69) is 16.0 Å². The molecule has 18 heavy (non-hydrogen) atoms. The second-order valence-electron chi connectivity index (χ2n) is 4.41. The smallest absolute Gasteiger partial charge is 0.219 e. The van der Waals surface area contributed by atoms with Crippen LogP contribution in [0.15, 0.2) is 12.1 Å². The molecule has 5 nitrogen and oxygen atoms in total. The predicted molar refractivity (Wildman–Crippen MR) is 68.2 cm³/mol. The van der Waals surface area contributed by atoms with Gasteiger partial charge in [0, 0.05) is 33.1 Å². The Balaban J connectivity index is 2.08.